The monoisotopic (exact) mass is 392 g/mol. The number of piperidine rings is 1. The fraction of sp³-hybridized carbons (Fsp3) is 0.478. The topological polar surface area (TPSA) is 48.7 Å². The minimum atomic E-state index is 0.432. The molecule has 2 unspecified atom stereocenters. The minimum absolute atomic E-state index is 0.432. The molecule has 0 radical (unpaired) electrons. The highest BCUT2D eigenvalue weighted by molar-refractivity contribution is 5.80. The molecule has 2 aliphatic heterocycles. The molecule has 1 aromatic carbocycles. The lowest BCUT2D eigenvalue weighted by molar-refractivity contribution is 0.189. The third-order valence-electron chi connectivity index (χ3n) is 5.97. The maximum atomic E-state index is 4.99. The van der Waals surface area contributed by atoms with E-state index in [0.717, 1.165) is 45.1 Å². The van der Waals surface area contributed by atoms with E-state index in [1.807, 2.05) is 12.5 Å². The molecular formula is C23H32N6. The van der Waals surface area contributed by atoms with Gasteiger partial charge in [-0.3, -0.25) is 0 Å². The molecule has 2 aromatic rings. The second-order valence-corrected chi connectivity index (χ2v) is 8.01. The van der Waals surface area contributed by atoms with Crippen molar-refractivity contribution < 1.29 is 0 Å². The Labute approximate surface area is 174 Å². The maximum Gasteiger partial charge on any atom is 0.194 e. The highest BCUT2D eigenvalue weighted by Gasteiger charge is 2.28. The Hall–Kier alpha value is -2.76. The van der Waals surface area contributed by atoms with Crippen molar-refractivity contribution in [2.75, 3.05) is 37.6 Å². The van der Waals surface area contributed by atoms with Crippen LogP contribution in [0.4, 0.5) is 5.69 Å². The number of aromatic nitrogens is 2. The summed E-state index contributed by atoms with van der Waals surface area (Å²) in [5.41, 5.74) is 2.53. The highest BCUT2D eigenvalue weighted by atomic mass is 15.3. The fourth-order valence-electron chi connectivity index (χ4n) is 4.23. The summed E-state index contributed by atoms with van der Waals surface area (Å²) < 4.78 is 2.24. The predicted molar refractivity (Wildman–Crippen MR) is 119 cm³/mol. The van der Waals surface area contributed by atoms with Gasteiger partial charge in [-0.2, -0.15) is 0 Å². The van der Waals surface area contributed by atoms with Crippen LogP contribution >= 0.6 is 0 Å². The summed E-state index contributed by atoms with van der Waals surface area (Å²) in [7, 11) is 0. The molecule has 1 aromatic heterocycles. The minimum Gasteiger partial charge on any atom is -0.364 e. The third kappa shape index (κ3) is 4.63. The molecule has 0 saturated carbocycles. The zero-order valence-electron chi connectivity index (χ0n) is 17.5. The number of hydrogen-bond acceptors (Lipinski definition) is 3. The molecular weight excluding hydrogens is 360 g/mol. The first-order valence-corrected chi connectivity index (χ1v) is 10.7. The van der Waals surface area contributed by atoms with Gasteiger partial charge in [0.1, 0.15) is 0 Å². The highest BCUT2D eigenvalue weighted by Crippen LogP contribution is 2.27. The molecule has 0 amide bonds. The van der Waals surface area contributed by atoms with Gasteiger partial charge in [-0.15, -0.1) is 0 Å². The maximum absolute atomic E-state index is 4.99. The lowest BCUT2D eigenvalue weighted by Crippen LogP contribution is -2.49. The van der Waals surface area contributed by atoms with E-state index < -0.39 is 0 Å². The lowest BCUT2D eigenvalue weighted by atomic mass is 9.93. The van der Waals surface area contributed by atoms with Gasteiger partial charge in [0.2, 0.25) is 0 Å². The van der Waals surface area contributed by atoms with Crippen molar-refractivity contribution in [3.63, 3.8) is 0 Å². The van der Waals surface area contributed by atoms with Gasteiger partial charge in [0.05, 0.1) is 18.9 Å². The predicted octanol–water partition coefficient (Wildman–Crippen LogP) is 3.31. The van der Waals surface area contributed by atoms with Gasteiger partial charge >= 0.3 is 0 Å². The summed E-state index contributed by atoms with van der Waals surface area (Å²) in [5.74, 6) is 1.65. The zero-order valence-corrected chi connectivity index (χ0v) is 17.5. The molecule has 6 heteroatoms. The molecule has 3 heterocycles. The van der Waals surface area contributed by atoms with Crippen LogP contribution in [0.3, 0.4) is 0 Å². The van der Waals surface area contributed by atoms with Crippen molar-refractivity contribution in [3.05, 3.63) is 60.7 Å². The number of rotatable bonds is 5. The molecule has 0 bridgehead atoms. The van der Waals surface area contributed by atoms with E-state index in [-0.39, 0.29) is 0 Å². The Morgan fingerprint density at radius 1 is 1.28 bits per heavy atom. The number of anilines is 1. The molecule has 2 atom stereocenters. The van der Waals surface area contributed by atoms with Crippen molar-refractivity contribution in [1.82, 2.24) is 19.8 Å². The van der Waals surface area contributed by atoms with Gasteiger partial charge in [-0.1, -0.05) is 31.2 Å². The smallest absolute Gasteiger partial charge is 0.194 e. The van der Waals surface area contributed by atoms with Gasteiger partial charge in [0, 0.05) is 50.8 Å². The molecule has 6 nitrogen and oxygen atoms in total. The fourth-order valence-corrected chi connectivity index (χ4v) is 4.23. The summed E-state index contributed by atoms with van der Waals surface area (Å²) in [4.78, 5) is 14.0. The first kappa shape index (κ1) is 19.6. The third-order valence-corrected chi connectivity index (χ3v) is 5.97. The average molecular weight is 393 g/mol. The van der Waals surface area contributed by atoms with Crippen LogP contribution in [0.2, 0.25) is 0 Å². The molecule has 154 valence electrons. The summed E-state index contributed by atoms with van der Waals surface area (Å²) in [6, 6.07) is 9.20. The number of benzene rings is 1. The number of nitrogens with zero attached hydrogens (tertiary/aromatic N) is 5. The second-order valence-electron chi connectivity index (χ2n) is 8.01. The van der Waals surface area contributed by atoms with Gasteiger partial charge in [-0.05, 0) is 37.0 Å². The second kappa shape index (κ2) is 9.16. The van der Waals surface area contributed by atoms with Gasteiger partial charge in [-0.25, -0.2) is 9.98 Å². The van der Waals surface area contributed by atoms with Crippen LogP contribution in [0, 0.1) is 5.92 Å². The Balaban J connectivity index is 1.47. The standard InChI is InChI=1S/C23H32N6/c1-3-25-23(28-13-9-19(2)22(17-28)29-14-10-24-18-29)26-16-20-7-6-8-21(15-20)27-11-4-5-12-27/h4-8,10,14-15,18-19,22H,3,9,11-13,16-17H2,1-2H3,(H,25,26). The van der Waals surface area contributed by atoms with Crippen molar-refractivity contribution in [2.45, 2.75) is 32.9 Å². The van der Waals surface area contributed by atoms with E-state index in [0.29, 0.717) is 18.5 Å². The summed E-state index contributed by atoms with van der Waals surface area (Å²) in [6.07, 6.45) is 11.5. The van der Waals surface area contributed by atoms with Crippen LogP contribution in [0.25, 0.3) is 0 Å². The van der Waals surface area contributed by atoms with E-state index >= 15 is 0 Å². The number of guanidine groups is 1. The Morgan fingerprint density at radius 3 is 2.90 bits per heavy atom. The van der Waals surface area contributed by atoms with Gasteiger partial charge in [0.25, 0.3) is 0 Å². The molecule has 1 fully saturated rings. The number of nitrogens with one attached hydrogen (secondary N) is 1. The van der Waals surface area contributed by atoms with E-state index in [2.05, 4.69) is 81.1 Å². The van der Waals surface area contributed by atoms with Crippen molar-refractivity contribution >= 4 is 11.6 Å². The summed E-state index contributed by atoms with van der Waals surface area (Å²) >= 11 is 0. The molecule has 1 saturated heterocycles. The molecule has 2 aliphatic rings. The van der Waals surface area contributed by atoms with Crippen LogP contribution in [0.5, 0.6) is 0 Å². The Kier molecular flexibility index (Phi) is 6.17. The Morgan fingerprint density at radius 2 is 2.14 bits per heavy atom. The zero-order chi connectivity index (χ0) is 20.1. The average Bonchev–Trinajstić information content (AvgIpc) is 3.46. The summed E-state index contributed by atoms with van der Waals surface area (Å²) in [6.45, 7) is 10.0. The van der Waals surface area contributed by atoms with E-state index in [4.69, 9.17) is 4.99 Å². The molecule has 29 heavy (non-hydrogen) atoms. The number of likely N-dealkylation sites (tertiary alicyclic amines) is 1. The lowest BCUT2D eigenvalue weighted by Gasteiger charge is -2.39. The quantitative estimate of drug-likeness (QED) is 0.482. The first-order chi connectivity index (χ1) is 14.2. The van der Waals surface area contributed by atoms with Crippen LogP contribution in [-0.2, 0) is 6.54 Å². The normalized spacial score (nSPS) is 22.3. The van der Waals surface area contributed by atoms with Gasteiger partial charge < -0.3 is 19.7 Å². The van der Waals surface area contributed by atoms with E-state index in [9.17, 15) is 0 Å². The molecule has 0 spiro atoms. The van der Waals surface area contributed by atoms with Crippen molar-refractivity contribution in [3.8, 4) is 0 Å². The molecule has 0 aliphatic carbocycles. The van der Waals surface area contributed by atoms with Crippen molar-refractivity contribution in [2.24, 2.45) is 10.9 Å². The van der Waals surface area contributed by atoms with Gasteiger partial charge in [0.15, 0.2) is 5.96 Å². The number of aliphatic imine (C=N–C) groups is 1. The van der Waals surface area contributed by atoms with E-state index in [1.54, 1.807) is 0 Å². The largest absolute Gasteiger partial charge is 0.364 e. The van der Waals surface area contributed by atoms with Crippen LogP contribution in [0.15, 0.2) is 60.1 Å². The SMILES string of the molecule is CCNC(=NCc1cccc(N2CC=CC2)c1)N1CCC(C)C(n2ccnc2)C1. The van der Waals surface area contributed by atoms with Crippen LogP contribution in [-0.4, -0.2) is 53.1 Å². The molecule has 4 rings (SSSR count). The molecule has 1 N–H and O–H groups in total. The first-order valence-electron chi connectivity index (χ1n) is 10.7. The summed E-state index contributed by atoms with van der Waals surface area (Å²) in [5, 5.41) is 3.50. The number of hydrogen-bond donors (Lipinski definition) is 1. The Bertz CT molecular complexity index is 833. The van der Waals surface area contributed by atoms with Crippen LogP contribution < -0.4 is 10.2 Å². The van der Waals surface area contributed by atoms with Crippen LogP contribution in [0.1, 0.15) is 31.9 Å². The van der Waals surface area contributed by atoms with Crippen molar-refractivity contribution in [1.29, 1.82) is 0 Å². The number of imidazole rings is 1. The van der Waals surface area contributed by atoms with E-state index in [1.165, 1.54) is 11.3 Å².